The van der Waals surface area contributed by atoms with E-state index in [4.69, 9.17) is 18.1 Å². The SMILES string of the molecule is [2H][C@@H](O/N=C(\C(=O)C[C@]1([2H])C(=O)N(OS(=O)(=O)O)C1(C)C)c1csc(N)n1)C(=O)O. The van der Waals surface area contributed by atoms with Gasteiger partial charge in [0.05, 0.1) is 12.8 Å². The average Bonchev–Trinajstić information content (AvgIpc) is 3.03. The van der Waals surface area contributed by atoms with Crippen LogP contribution in [-0.4, -0.2) is 63.6 Å². The maximum atomic E-state index is 12.8. The largest absolute Gasteiger partial charge is 0.479 e. The van der Waals surface area contributed by atoms with Crippen LogP contribution < -0.4 is 5.73 Å². The van der Waals surface area contributed by atoms with E-state index in [9.17, 15) is 22.8 Å². The van der Waals surface area contributed by atoms with Crippen molar-refractivity contribution in [2.45, 2.75) is 25.8 Å². The monoisotopic (exact) mass is 438 g/mol. The van der Waals surface area contributed by atoms with E-state index >= 15 is 0 Å². The third-order valence-electron chi connectivity index (χ3n) is 3.52. The molecule has 154 valence electrons. The van der Waals surface area contributed by atoms with Crippen LogP contribution >= 0.6 is 11.3 Å². The van der Waals surface area contributed by atoms with Crippen LogP contribution in [-0.2, 0) is 33.9 Å². The molecule has 2 rings (SSSR count). The van der Waals surface area contributed by atoms with Crippen LogP contribution in [0.4, 0.5) is 5.13 Å². The number of hydrogen-bond acceptors (Lipinski definition) is 11. The molecule has 0 radical (unpaired) electrons. The van der Waals surface area contributed by atoms with E-state index in [2.05, 4.69) is 19.3 Å². The topological polar surface area (TPSA) is 199 Å². The molecule has 1 aliphatic heterocycles. The summed E-state index contributed by atoms with van der Waals surface area (Å²) < 4.78 is 50.2. The Hall–Kier alpha value is -2.62. The van der Waals surface area contributed by atoms with Crippen molar-refractivity contribution in [1.82, 2.24) is 10.0 Å². The molecule has 0 saturated carbocycles. The molecule has 0 aromatic carbocycles. The zero-order chi connectivity index (χ0) is 23.1. The molecule has 28 heavy (non-hydrogen) atoms. The van der Waals surface area contributed by atoms with Gasteiger partial charge in [-0.05, 0) is 13.8 Å². The Bertz CT molecular complexity index is 1030. The first-order chi connectivity index (χ1) is 13.6. The van der Waals surface area contributed by atoms with Gasteiger partial charge in [-0.3, -0.25) is 14.1 Å². The fourth-order valence-electron chi connectivity index (χ4n) is 2.23. The summed E-state index contributed by atoms with van der Waals surface area (Å²) in [4.78, 5) is 44.1. The van der Waals surface area contributed by atoms with Crippen molar-refractivity contribution in [3.8, 4) is 0 Å². The third-order valence-corrected chi connectivity index (χ3v) is 4.53. The lowest BCUT2D eigenvalue weighted by Crippen LogP contribution is -2.68. The van der Waals surface area contributed by atoms with Crippen LogP contribution in [0.25, 0.3) is 0 Å². The number of nitrogen functional groups attached to an aromatic ring is 1. The summed E-state index contributed by atoms with van der Waals surface area (Å²) in [6.07, 6.45) is -0.862. The highest BCUT2D eigenvalue weighted by atomic mass is 32.3. The molecule has 1 aromatic heterocycles. The van der Waals surface area contributed by atoms with Gasteiger partial charge in [0.1, 0.15) is 5.69 Å². The van der Waals surface area contributed by atoms with Gasteiger partial charge in [0.2, 0.25) is 6.58 Å². The predicted octanol–water partition coefficient (Wildman–Crippen LogP) is -0.539. The fraction of sp³-hybridized carbons (Fsp3) is 0.462. The zero-order valence-corrected chi connectivity index (χ0v) is 16.0. The van der Waals surface area contributed by atoms with Crippen molar-refractivity contribution in [2.24, 2.45) is 11.0 Å². The van der Waals surface area contributed by atoms with Crippen molar-refractivity contribution in [3.63, 3.8) is 0 Å². The Balaban J connectivity index is 2.32. The number of anilines is 1. The minimum atomic E-state index is -5.06. The molecule has 0 spiro atoms. The Morgan fingerprint density at radius 2 is 2.21 bits per heavy atom. The molecular formula is C13H16N4O9S2. The van der Waals surface area contributed by atoms with Gasteiger partial charge in [-0.1, -0.05) is 5.16 Å². The van der Waals surface area contributed by atoms with E-state index < -0.39 is 58.2 Å². The van der Waals surface area contributed by atoms with Crippen molar-refractivity contribution in [1.29, 1.82) is 0 Å². The van der Waals surface area contributed by atoms with E-state index in [1.807, 2.05) is 0 Å². The summed E-state index contributed by atoms with van der Waals surface area (Å²) in [6, 6.07) is 0. The lowest BCUT2D eigenvalue weighted by molar-refractivity contribution is -0.228. The number of carboxylic acids is 1. The number of nitrogens with two attached hydrogens (primary N) is 1. The van der Waals surface area contributed by atoms with Crippen LogP contribution in [0.5, 0.6) is 0 Å². The Morgan fingerprint density at radius 1 is 1.57 bits per heavy atom. The van der Waals surface area contributed by atoms with E-state index in [-0.39, 0.29) is 15.9 Å². The normalized spacial score (nSPS) is 24.0. The molecule has 2 atom stereocenters. The molecule has 15 heteroatoms. The van der Waals surface area contributed by atoms with Crippen LogP contribution in [0.1, 0.15) is 28.7 Å². The number of ketones is 1. The third kappa shape index (κ3) is 4.80. The van der Waals surface area contributed by atoms with Gasteiger partial charge in [-0.25, -0.2) is 9.78 Å². The van der Waals surface area contributed by atoms with Gasteiger partial charge >= 0.3 is 16.4 Å². The molecule has 0 aliphatic carbocycles. The van der Waals surface area contributed by atoms with Crippen LogP contribution in [0, 0.1) is 5.89 Å². The van der Waals surface area contributed by atoms with Crippen molar-refractivity contribution in [2.75, 3.05) is 12.3 Å². The fourth-order valence-corrected chi connectivity index (χ4v) is 3.22. The minimum absolute atomic E-state index is 0.0273. The molecule has 0 bridgehead atoms. The van der Waals surface area contributed by atoms with E-state index in [1.165, 1.54) is 19.2 Å². The first kappa shape index (κ1) is 18.7. The Labute approximate surface area is 165 Å². The van der Waals surface area contributed by atoms with Crippen LogP contribution in [0.2, 0.25) is 0 Å². The number of β-lactam (4-membered cyclic amide) rings is 1. The second-order valence-electron chi connectivity index (χ2n) is 5.81. The number of hydrogen-bond donors (Lipinski definition) is 3. The quantitative estimate of drug-likeness (QED) is 0.193. The number of thiazole rings is 1. The van der Waals surface area contributed by atoms with Gasteiger partial charge in [0.15, 0.2) is 16.6 Å². The number of amides is 1. The van der Waals surface area contributed by atoms with Gasteiger partial charge in [-0.2, -0.15) is 13.5 Å². The molecule has 1 fully saturated rings. The number of aromatic nitrogens is 1. The number of nitrogens with zero attached hydrogens (tertiary/aromatic N) is 3. The number of carboxylic acid groups (broad SMARTS) is 1. The summed E-state index contributed by atoms with van der Waals surface area (Å²) >= 11 is 0.914. The van der Waals surface area contributed by atoms with Gasteiger partial charge in [0.25, 0.3) is 5.91 Å². The Kier molecular flexibility index (Phi) is 5.21. The van der Waals surface area contributed by atoms with Crippen molar-refractivity contribution in [3.05, 3.63) is 11.1 Å². The maximum Gasteiger partial charge on any atom is 0.418 e. The van der Waals surface area contributed by atoms with Crippen LogP contribution in [0.15, 0.2) is 10.5 Å². The highest BCUT2D eigenvalue weighted by molar-refractivity contribution is 7.80. The number of aliphatic carboxylic acids is 1. The molecule has 1 aliphatic rings. The average molecular weight is 438 g/mol. The second-order valence-corrected chi connectivity index (χ2v) is 7.71. The highest BCUT2D eigenvalue weighted by Gasteiger charge is 2.57. The van der Waals surface area contributed by atoms with Gasteiger partial charge < -0.3 is 15.7 Å². The van der Waals surface area contributed by atoms with E-state index in [0.717, 1.165) is 11.3 Å². The summed E-state index contributed by atoms with van der Waals surface area (Å²) in [5, 5.41) is 13.6. The van der Waals surface area contributed by atoms with Crippen LogP contribution in [0.3, 0.4) is 0 Å². The summed E-state index contributed by atoms with van der Waals surface area (Å²) in [7, 11) is -5.06. The number of carbonyl (C=O) groups excluding carboxylic acids is 2. The smallest absolute Gasteiger partial charge is 0.418 e. The zero-order valence-electron chi connectivity index (χ0n) is 16.3. The summed E-state index contributed by atoms with van der Waals surface area (Å²) in [6.45, 7) is 0.283. The van der Waals surface area contributed by atoms with Crippen molar-refractivity contribution >= 4 is 50.2 Å². The molecular weight excluding hydrogens is 420 g/mol. The molecule has 4 N–H and O–H groups in total. The summed E-state index contributed by atoms with van der Waals surface area (Å²) in [5.41, 5.74) is 3.09. The number of carbonyl (C=O) groups is 3. The molecule has 1 aromatic rings. The predicted molar refractivity (Wildman–Crippen MR) is 93.3 cm³/mol. The lowest BCUT2D eigenvalue weighted by Gasteiger charge is -2.50. The van der Waals surface area contributed by atoms with Gasteiger partial charge in [0, 0.05) is 13.2 Å². The number of rotatable bonds is 9. The highest BCUT2D eigenvalue weighted by Crippen LogP contribution is 2.40. The number of hydroxylamine groups is 2. The molecule has 0 unspecified atom stereocenters. The lowest BCUT2D eigenvalue weighted by atomic mass is 9.74. The van der Waals surface area contributed by atoms with E-state index in [0.29, 0.717) is 0 Å². The Morgan fingerprint density at radius 3 is 2.68 bits per heavy atom. The summed E-state index contributed by atoms with van der Waals surface area (Å²) in [5.74, 6) is -6.15. The second kappa shape index (κ2) is 7.78. The molecule has 1 amide bonds. The molecule has 1 saturated heterocycles. The standard InChI is InChI=1S/C13H16N4O9S2/c1-13(2)6(11(21)17(13)26-28(22,23)24)3-8(18)10(16-25-4-9(19)20)7-5-27-12(14)15-7/h5-6H,3-4H2,1-2H3,(H2,14,15)(H,19,20)(H,22,23,24)/b16-10-/t6-/m1/s1/i4D,6D/t4-,6-. The van der Waals surface area contributed by atoms with Gasteiger partial charge in [-0.15, -0.1) is 15.6 Å². The minimum Gasteiger partial charge on any atom is -0.479 e. The van der Waals surface area contributed by atoms with E-state index in [1.54, 1.807) is 0 Å². The number of Topliss-reactive ketones (excluding diaryl/α,β-unsaturated/α-hetero) is 1. The maximum absolute atomic E-state index is 12.8. The molecule has 2 heterocycles. The van der Waals surface area contributed by atoms with Crippen molar-refractivity contribution < 1.29 is 44.3 Å². The first-order valence-electron chi connectivity index (χ1n) is 8.33. The first-order valence-corrected chi connectivity index (χ1v) is 9.50. The number of oxime groups is 1. The molecule has 13 nitrogen and oxygen atoms in total.